The van der Waals surface area contributed by atoms with Gasteiger partial charge in [-0.3, -0.25) is 4.90 Å². The Morgan fingerprint density at radius 3 is 2.48 bits per heavy atom. The number of hydrogen-bond acceptors (Lipinski definition) is 4. The minimum absolute atomic E-state index is 0.0405. The van der Waals surface area contributed by atoms with Gasteiger partial charge >= 0.3 is 6.18 Å². The van der Waals surface area contributed by atoms with Gasteiger partial charge in [0.25, 0.3) is 0 Å². The monoisotopic (exact) mass is 387 g/mol. The molecule has 2 fully saturated rings. The van der Waals surface area contributed by atoms with Gasteiger partial charge in [-0.1, -0.05) is 12.8 Å². The van der Waals surface area contributed by atoms with Crippen molar-refractivity contribution < 1.29 is 13.2 Å². The van der Waals surface area contributed by atoms with Crippen molar-refractivity contribution in [2.24, 2.45) is 12.0 Å². The summed E-state index contributed by atoms with van der Waals surface area (Å²) in [5, 5.41) is 14.9. The molecule has 1 aromatic rings. The molecule has 1 saturated carbocycles. The highest BCUT2D eigenvalue weighted by atomic mass is 19.4. The van der Waals surface area contributed by atoms with Crippen LogP contribution in [0.4, 0.5) is 13.2 Å². The molecule has 1 aliphatic heterocycles. The summed E-state index contributed by atoms with van der Waals surface area (Å²) >= 11 is 0. The molecule has 0 radical (unpaired) electrons. The number of hydrogen-bond donors (Lipinski definition) is 2. The highest BCUT2D eigenvalue weighted by molar-refractivity contribution is 5.80. The number of aliphatic imine (C=N–C) groups is 1. The van der Waals surface area contributed by atoms with Crippen LogP contribution >= 0.6 is 0 Å². The second-order valence-electron chi connectivity index (χ2n) is 7.49. The van der Waals surface area contributed by atoms with Crippen molar-refractivity contribution in [3.63, 3.8) is 0 Å². The maximum atomic E-state index is 12.6. The number of halogens is 3. The summed E-state index contributed by atoms with van der Waals surface area (Å²) in [4.78, 5) is 6.07. The fourth-order valence-corrected chi connectivity index (χ4v) is 3.68. The molecule has 1 aliphatic carbocycles. The van der Waals surface area contributed by atoms with Crippen LogP contribution in [-0.4, -0.2) is 63.5 Å². The molecule has 1 saturated heterocycles. The van der Waals surface area contributed by atoms with E-state index in [9.17, 15) is 13.2 Å². The number of nitrogens with zero attached hydrogens (tertiary/aromatic N) is 5. The van der Waals surface area contributed by atoms with E-state index < -0.39 is 12.7 Å². The average molecular weight is 387 g/mol. The first-order valence-corrected chi connectivity index (χ1v) is 9.51. The van der Waals surface area contributed by atoms with E-state index in [1.807, 2.05) is 18.5 Å². The Kier molecular flexibility index (Phi) is 6.23. The molecule has 2 heterocycles. The number of aryl methyl sites for hydroxylation is 1. The van der Waals surface area contributed by atoms with Crippen molar-refractivity contribution in [1.29, 1.82) is 0 Å². The molecule has 0 amide bonds. The molecular weight excluding hydrogens is 359 g/mol. The van der Waals surface area contributed by atoms with Gasteiger partial charge in [-0.05, 0) is 26.2 Å². The first-order valence-electron chi connectivity index (χ1n) is 9.51. The van der Waals surface area contributed by atoms with E-state index in [-0.39, 0.29) is 6.04 Å². The molecular formula is C17H28F3N7. The van der Waals surface area contributed by atoms with Crippen LogP contribution in [0, 0.1) is 6.92 Å². The summed E-state index contributed by atoms with van der Waals surface area (Å²) in [6, 6.07) is 0.325. The predicted octanol–water partition coefficient (Wildman–Crippen LogP) is 1.74. The summed E-state index contributed by atoms with van der Waals surface area (Å²) in [5.74, 6) is 2.23. The van der Waals surface area contributed by atoms with Gasteiger partial charge in [0.2, 0.25) is 0 Å². The summed E-state index contributed by atoms with van der Waals surface area (Å²) in [5.41, 5.74) is 0. The molecule has 1 atom stereocenters. The van der Waals surface area contributed by atoms with Crippen molar-refractivity contribution in [2.75, 3.05) is 19.6 Å². The second-order valence-corrected chi connectivity index (χ2v) is 7.49. The molecule has 27 heavy (non-hydrogen) atoms. The molecule has 1 unspecified atom stereocenters. The van der Waals surface area contributed by atoms with E-state index in [0.29, 0.717) is 38.1 Å². The van der Waals surface area contributed by atoms with Gasteiger partial charge < -0.3 is 15.2 Å². The SMILES string of the molecule is Cc1nnc(CN=C(NC2CCCC2)NC2CCN(CC(F)(F)F)C2)n1C. The molecule has 7 nitrogen and oxygen atoms in total. The predicted molar refractivity (Wildman–Crippen MR) is 96.3 cm³/mol. The van der Waals surface area contributed by atoms with Crippen molar-refractivity contribution in [1.82, 2.24) is 30.3 Å². The number of rotatable bonds is 5. The molecule has 0 aromatic carbocycles. The van der Waals surface area contributed by atoms with Gasteiger partial charge in [0.05, 0.1) is 6.54 Å². The van der Waals surface area contributed by atoms with Gasteiger partial charge in [-0.15, -0.1) is 10.2 Å². The Labute approximate surface area is 157 Å². The lowest BCUT2D eigenvalue weighted by Gasteiger charge is -2.22. The highest BCUT2D eigenvalue weighted by Crippen LogP contribution is 2.20. The standard InChI is InChI=1S/C17H28F3N7/c1-12-24-25-15(26(12)2)9-21-16(22-13-5-3-4-6-13)23-14-7-8-27(10-14)11-17(18,19)20/h13-14H,3-11H2,1-2H3,(H2,21,22,23). The summed E-state index contributed by atoms with van der Waals surface area (Å²) in [6.07, 6.45) is 1.08. The maximum absolute atomic E-state index is 12.6. The number of alkyl halides is 3. The lowest BCUT2D eigenvalue weighted by Crippen LogP contribution is -2.48. The quantitative estimate of drug-likeness (QED) is 0.595. The fourth-order valence-electron chi connectivity index (χ4n) is 3.68. The van der Waals surface area contributed by atoms with Crippen molar-refractivity contribution >= 4 is 5.96 Å². The summed E-state index contributed by atoms with van der Waals surface area (Å²) in [7, 11) is 1.89. The molecule has 1 aromatic heterocycles. The van der Waals surface area contributed by atoms with E-state index in [0.717, 1.165) is 24.5 Å². The summed E-state index contributed by atoms with van der Waals surface area (Å²) < 4.78 is 39.7. The minimum atomic E-state index is -4.16. The van der Waals surface area contributed by atoms with E-state index in [4.69, 9.17) is 0 Å². The third-order valence-electron chi connectivity index (χ3n) is 5.27. The van der Waals surface area contributed by atoms with Gasteiger partial charge in [0.1, 0.15) is 12.4 Å². The number of aromatic nitrogens is 3. The minimum Gasteiger partial charge on any atom is -0.354 e. The molecule has 0 spiro atoms. The van der Waals surface area contributed by atoms with Crippen LogP contribution < -0.4 is 10.6 Å². The molecule has 3 rings (SSSR count). The van der Waals surface area contributed by atoms with Gasteiger partial charge in [-0.2, -0.15) is 13.2 Å². The average Bonchev–Trinajstić information content (AvgIpc) is 3.30. The van der Waals surface area contributed by atoms with Crippen LogP contribution in [0.1, 0.15) is 43.8 Å². The zero-order valence-corrected chi connectivity index (χ0v) is 15.9. The maximum Gasteiger partial charge on any atom is 0.401 e. The number of guanidine groups is 1. The Morgan fingerprint density at radius 2 is 1.85 bits per heavy atom. The lowest BCUT2D eigenvalue weighted by molar-refractivity contribution is -0.143. The Bertz CT molecular complexity index is 649. The number of nitrogens with one attached hydrogen (secondary N) is 2. The van der Waals surface area contributed by atoms with Crippen LogP contribution in [0.5, 0.6) is 0 Å². The zero-order valence-electron chi connectivity index (χ0n) is 15.9. The molecule has 152 valence electrons. The smallest absolute Gasteiger partial charge is 0.354 e. The van der Waals surface area contributed by atoms with E-state index in [2.05, 4.69) is 25.8 Å². The Balaban J connectivity index is 1.61. The van der Waals surface area contributed by atoms with Crippen molar-refractivity contribution in [3.05, 3.63) is 11.6 Å². The second kappa shape index (κ2) is 8.45. The van der Waals surface area contributed by atoms with Gasteiger partial charge in [-0.25, -0.2) is 4.99 Å². The molecule has 2 N–H and O–H groups in total. The first-order chi connectivity index (χ1) is 12.8. The summed E-state index contributed by atoms with van der Waals surface area (Å²) in [6.45, 7) is 2.21. The highest BCUT2D eigenvalue weighted by Gasteiger charge is 2.34. The third-order valence-corrected chi connectivity index (χ3v) is 5.27. The van der Waals surface area contributed by atoms with E-state index >= 15 is 0 Å². The largest absolute Gasteiger partial charge is 0.401 e. The Morgan fingerprint density at radius 1 is 1.15 bits per heavy atom. The van der Waals surface area contributed by atoms with Crippen molar-refractivity contribution in [2.45, 2.75) is 63.8 Å². The molecule has 10 heteroatoms. The van der Waals surface area contributed by atoms with E-state index in [1.54, 1.807) is 0 Å². The van der Waals surface area contributed by atoms with Crippen LogP contribution in [0.15, 0.2) is 4.99 Å². The van der Waals surface area contributed by atoms with Crippen LogP contribution in [0.25, 0.3) is 0 Å². The van der Waals surface area contributed by atoms with Gasteiger partial charge in [0.15, 0.2) is 11.8 Å². The lowest BCUT2D eigenvalue weighted by atomic mass is 10.2. The fraction of sp³-hybridized carbons (Fsp3) is 0.824. The topological polar surface area (TPSA) is 70.4 Å². The van der Waals surface area contributed by atoms with Crippen LogP contribution in [0.2, 0.25) is 0 Å². The first kappa shape index (κ1) is 19.9. The molecule has 0 bridgehead atoms. The van der Waals surface area contributed by atoms with Gasteiger partial charge in [0, 0.05) is 32.2 Å². The Hall–Kier alpha value is -1.84. The van der Waals surface area contributed by atoms with Crippen molar-refractivity contribution in [3.8, 4) is 0 Å². The molecule has 2 aliphatic rings. The zero-order chi connectivity index (χ0) is 19.4. The van der Waals surface area contributed by atoms with Crippen LogP contribution in [0.3, 0.4) is 0 Å². The normalized spacial score (nSPS) is 22.6. The van der Waals surface area contributed by atoms with E-state index in [1.165, 1.54) is 17.7 Å². The third kappa shape index (κ3) is 5.82. The number of likely N-dealkylation sites (tertiary alicyclic amines) is 1. The van der Waals surface area contributed by atoms with Crippen LogP contribution in [-0.2, 0) is 13.6 Å².